The van der Waals surface area contributed by atoms with Crippen molar-refractivity contribution in [3.63, 3.8) is 0 Å². The smallest absolute Gasteiger partial charge is 0.237 e. The van der Waals surface area contributed by atoms with E-state index in [-0.39, 0.29) is 5.54 Å². The highest BCUT2D eigenvalue weighted by molar-refractivity contribution is 4.85. The number of aryl methyl sites for hydroxylation is 1. The van der Waals surface area contributed by atoms with Crippen molar-refractivity contribution in [3.05, 3.63) is 18.7 Å². The number of hydrogen-bond acceptors (Lipinski definition) is 0. The van der Waals surface area contributed by atoms with Gasteiger partial charge in [0, 0.05) is 0 Å². The SMILES string of the molecule is CC[n+]1ccn(C(C)(C)CC(C)(C)C)c1. The monoisotopic (exact) mass is 209 g/mol. The molecule has 1 aromatic heterocycles. The Hall–Kier alpha value is -0.790. The molecular formula is C13H25N2+. The Kier molecular flexibility index (Phi) is 3.27. The Morgan fingerprint density at radius 1 is 1.13 bits per heavy atom. The average Bonchev–Trinajstić information content (AvgIpc) is 2.47. The molecule has 1 aromatic rings. The van der Waals surface area contributed by atoms with E-state index in [1.54, 1.807) is 0 Å². The summed E-state index contributed by atoms with van der Waals surface area (Å²) in [5.74, 6) is 0. The Labute approximate surface area is 93.9 Å². The topological polar surface area (TPSA) is 8.81 Å². The third-order valence-corrected chi connectivity index (χ3v) is 2.72. The number of nitrogens with zero attached hydrogens (tertiary/aromatic N) is 2. The van der Waals surface area contributed by atoms with E-state index in [4.69, 9.17) is 0 Å². The second-order valence-electron chi connectivity index (χ2n) is 6.20. The van der Waals surface area contributed by atoms with Crippen molar-refractivity contribution in [2.75, 3.05) is 0 Å². The van der Waals surface area contributed by atoms with Gasteiger partial charge in [-0.25, -0.2) is 9.13 Å². The van der Waals surface area contributed by atoms with Crippen molar-refractivity contribution in [1.29, 1.82) is 0 Å². The summed E-state index contributed by atoms with van der Waals surface area (Å²) in [5.41, 5.74) is 0.559. The van der Waals surface area contributed by atoms with E-state index in [1.165, 1.54) is 6.42 Å². The average molecular weight is 209 g/mol. The van der Waals surface area contributed by atoms with E-state index < -0.39 is 0 Å². The number of imidazole rings is 1. The summed E-state index contributed by atoms with van der Waals surface area (Å²) < 4.78 is 4.53. The third-order valence-electron chi connectivity index (χ3n) is 2.72. The zero-order valence-corrected chi connectivity index (χ0v) is 11.0. The molecule has 2 heteroatoms. The fraction of sp³-hybridized carbons (Fsp3) is 0.769. The predicted octanol–water partition coefficient (Wildman–Crippen LogP) is 2.97. The molecule has 0 fully saturated rings. The molecule has 86 valence electrons. The van der Waals surface area contributed by atoms with Gasteiger partial charge in [0.2, 0.25) is 6.33 Å². The lowest BCUT2D eigenvalue weighted by molar-refractivity contribution is -0.693. The van der Waals surface area contributed by atoms with E-state index in [1.807, 2.05) is 0 Å². The van der Waals surface area contributed by atoms with E-state index >= 15 is 0 Å². The maximum Gasteiger partial charge on any atom is 0.244 e. The minimum atomic E-state index is 0.193. The van der Waals surface area contributed by atoms with Gasteiger partial charge in [-0.05, 0) is 32.6 Å². The van der Waals surface area contributed by atoms with Crippen LogP contribution in [0.3, 0.4) is 0 Å². The fourth-order valence-corrected chi connectivity index (χ4v) is 2.33. The molecule has 0 amide bonds. The van der Waals surface area contributed by atoms with Gasteiger partial charge in [0.25, 0.3) is 0 Å². The van der Waals surface area contributed by atoms with Crippen molar-refractivity contribution >= 4 is 0 Å². The lowest BCUT2D eigenvalue weighted by atomic mass is 9.82. The van der Waals surface area contributed by atoms with E-state index in [0.29, 0.717) is 5.41 Å². The van der Waals surface area contributed by atoms with Crippen molar-refractivity contribution in [1.82, 2.24) is 4.57 Å². The zero-order valence-electron chi connectivity index (χ0n) is 11.0. The molecule has 0 atom stereocenters. The van der Waals surface area contributed by atoms with Crippen LogP contribution < -0.4 is 4.57 Å². The number of hydrogen-bond donors (Lipinski definition) is 0. The molecular weight excluding hydrogens is 184 g/mol. The maximum absolute atomic E-state index is 2.32. The standard InChI is InChI=1S/C13H25N2/c1-7-14-8-9-15(11-14)13(5,6)10-12(2,3)4/h8-9,11H,7,10H2,1-6H3/q+1. The van der Waals surface area contributed by atoms with Crippen LogP contribution in [0.1, 0.15) is 48.0 Å². The highest BCUT2D eigenvalue weighted by Gasteiger charge is 2.31. The molecule has 0 N–H and O–H groups in total. The van der Waals surface area contributed by atoms with E-state index in [9.17, 15) is 0 Å². The summed E-state index contributed by atoms with van der Waals surface area (Å²) in [5, 5.41) is 0. The van der Waals surface area contributed by atoms with Gasteiger partial charge in [0.15, 0.2) is 0 Å². The molecule has 0 saturated heterocycles. The van der Waals surface area contributed by atoms with Gasteiger partial charge in [0.1, 0.15) is 17.9 Å². The second-order valence-corrected chi connectivity index (χ2v) is 6.20. The highest BCUT2D eigenvalue weighted by atomic mass is 15.1. The normalized spacial score (nSPS) is 13.2. The lowest BCUT2D eigenvalue weighted by Crippen LogP contribution is -2.34. The van der Waals surface area contributed by atoms with Crippen LogP contribution >= 0.6 is 0 Å². The summed E-state index contributed by atoms with van der Waals surface area (Å²) >= 11 is 0. The Morgan fingerprint density at radius 3 is 2.13 bits per heavy atom. The van der Waals surface area contributed by atoms with Gasteiger partial charge in [-0.2, -0.15) is 0 Å². The summed E-state index contributed by atoms with van der Waals surface area (Å²) in [4.78, 5) is 0. The minimum Gasteiger partial charge on any atom is -0.237 e. The molecule has 0 radical (unpaired) electrons. The first-order chi connectivity index (χ1) is 6.74. The van der Waals surface area contributed by atoms with Crippen molar-refractivity contribution < 1.29 is 4.57 Å². The number of aromatic nitrogens is 2. The molecule has 0 unspecified atom stereocenters. The van der Waals surface area contributed by atoms with Gasteiger partial charge in [0.05, 0.1) is 6.54 Å². The number of rotatable bonds is 3. The van der Waals surface area contributed by atoms with Crippen LogP contribution in [0.5, 0.6) is 0 Å². The summed E-state index contributed by atoms with van der Waals surface area (Å²) in [7, 11) is 0. The summed E-state index contributed by atoms with van der Waals surface area (Å²) in [6, 6.07) is 0. The van der Waals surface area contributed by atoms with Gasteiger partial charge < -0.3 is 0 Å². The molecule has 15 heavy (non-hydrogen) atoms. The summed E-state index contributed by atoms with van der Waals surface area (Å²) in [6.07, 6.45) is 7.70. The first kappa shape index (κ1) is 12.3. The predicted molar refractivity (Wildman–Crippen MR) is 63.7 cm³/mol. The van der Waals surface area contributed by atoms with Crippen LogP contribution in [0.4, 0.5) is 0 Å². The van der Waals surface area contributed by atoms with Crippen molar-refractivity contribution in [2.24, 2.45) is 5.41 Å². The summed E-state index contributed by atoms with van der Waals surface area (Å²) in [6.45, 7) is 14.7. The fourth-order valence-electron chi connectivity index (χ4n) is 2.33. The Balaban J connectivity index is 2.85. The van der Waals surface area contributed by atoms with Crippen LogP contribution in [0.2, 0.25) is 0 Å². The van der Waals surface area contributed by atoms with Crippen molar-refractivity contribution in [2.45, 2.75) is 60.0 Å². The van der Waals surface area contributed by atoms with Crippen LogP contribution in [0.25, 0.3) is 0 Å². The molecule has 0 aromatic carbocycles. The largest absolute Gasteiger partial charge is 0.244 e. The van der Waals surface area contributed by atoms with Gasteiger partial charge >= 0.3 is 0 Å². The van der Waals surface area contributed by atoms with E-state index in [2.05, 4.69) is 69.4 Å². The molecule has 0 aliphatic rings. The van der Waals surface area contributed by atoms with Crippen LogP contribution in [0.15, 0.2) is 18.7 Å². The van der Waals surface area contributed by atoms with Gasteiger partial charge in [-0.15, -0.1) is 0 Å². The third kappa shape index (κ3) is 3.37. The molecule has 0 aliphatic heterocycles. The lowest BCUT2D eigenvalue weighted by Gasteiger charge is -2.29. The maximum atomic E-state index is 2.32. The molecule has 2 nitrogen and oxygen atoms in total. The van der Waals surface area contributed by atoms with Crippen LogP contribution in [0, 0.1) is 5.41 Å². The van der Waals surface area contributed by atoms with Crippen molar-refractivity contribution in [3.8, 4) is 0 Å². The molecule has 1 heterocycles. The first-order valence-electron chi connectivity index (χ1n) is 5.82. The minimum absolute atomic E-state index is 0.193. The van der Waals surface area contributed by atoms with Gasteiger partial charge in [-0.3, -0.25) is 0 Å². The van der Waals surface area contributed by atoms with Gasteiger partial charge in [-0.1, -0.05) is 20.8 Å². The molecule has 1 rings (SSSR count). The van der Waals surface area contributed by atoms with Crippen LogP contribution in [-0.4, -0.2) is 4.57 Å². The van der Waals surface area contributed by atoms with E-state index in [0.717, 1.165) is 6.54 Å². The highest BCUT2D eigenvalue weighted by Crippen LogP contribution is 2.31. The molecule has 0 aliphatic carbocycles. The zero-order chi connectivity index (χ0) is 11.7. The Morgan fingerprint density at radius 2 is 1.73 bits per heavy atom. The second kappa shape index (κ2) is 3.99. The Bertz CT molecular complexity index is 316. The molecule has 0 bridgehead atoms. The quantitative estimate of drug-likeness (QED) is 0.677. The van der Waals surface area contributed by atoms with Crippen LogP contribution in [-0.2, 0) is 12.1 Å². The molecule has 0 saturated carbocycles. The first-order valence-corrected chi connectivity index (χ1v) is 5.82. The molecule has 0 spiro atoms.